The fourth-order valence-corrected chi connectivity index (χ4v) is 3.62. The molecule has 0 radical (unpaired) electrons. The van der Waals surface area contributed by atoms with Crippen LogP contribution in [-0.4, -0.2) is 29.3 Å². The molecule has 0 bridgehead atoms. The van der Waals surface area contributed by atoms with Gasteiger partial charge in [0.25, 0.3) is 0 Å². The molecule has 0 aliphatic carbocycles. The van der Waals surface area contributed by atoms with Crippen molar-refractivity contribution in [2.75, 3.05) is 13.2 Å². The quantitative estimate of drug-likeness (QED) is 0.730. The Kier molecular flexibility index (Phi) is 5.63. The van der Waals surface area contributed by atoms with Crippen molar-refractivity contribution in [3.05, 3.63) is 69.9 Å². The van der Waals surface area contributed by atoms with Crippen LogP contribution in [-0.2, 0) is 10.3 Å². The minimum atomic E-state index is -0.878. The number of aliphatic hydroxyl groups excluding tert-OH is 1. The van der Waals surface area contributed by atoms with Crippen molar-refractivity contribution in [2.24, 2.45) is 0 Å². The van der Waals surface area contributed by atoms with E-state index in [-0.39, 0.29) is 18.5 Å². The first-order chi connectivity index (χ1) is 12.4. The van der Waals surface area contributed by atoms with Gasteiger partial charge in [-0.15, -0.1) is 0 Å². The van der Waals surface area contributed by atoms with E-state index in [1.54, 1.807) is 17.0 Å². The second-order valence-corrected chi connectivity index (χ2v) is 7.47. The number of rotatable bonds is 6. The molecule has 1 aliphatic rings. The van der Waals surface area contributed by atoms with Gasteiger partial charge < -0.3 is 9.84 Å². The summed E-state index contributed by atoms with van der Waals surface area (Å²) in [5, 5.41) is 9.26. The predicted molar refractivity (Wildman–Crippen MR) is 100 cm³/mol. The molecule has 1 N–H and O–H groups in total. The van der Waals surface area contributed by atoms with Crippen LogP contribution in [0.15, 0.2) is 53.0 Å². The summed E-state index contributed by atoms with van der Waals surface area (Å²) in [6, 6.07) is 13.7. The maximum atomic E-state index is 13.3. The summed E-state index contributed by atoms with van der Waals surface area (Å²) in [6.07, 6.45) is 0.568. The van der Waals surface area contributed by atoms with Gasteiger partial charge in [-0.1, -0.05) is 40.2 Å². The van der Waals surface area contributed by atoms with Crippen LogP contribution in [0.25, 0.3) is 0 Å². The summed E-state index contributed by atoms with van der Waals surface area (Å²) in [6.45, 7) is 2.31. The Hall–Kier alpha value is -1.92. The summed E-state index contributed by atoms with van der Waals surface area (Å²) >= 11 is 3.41. The number of hydrogen-bond acceptors (Lipinski definition) is 3. The van der Waals surface area contributed by atoms with Crippen molar-refractivity contribution in [1.29, 1.82) is 0 Å². The average Bonchev–Trinajstić information content (AvgIpc) is 2.98. The topological polar surface area (TPSA) is 49.8 Å². The zero-order valence-electron chi connectivity index (χ0n) is 14.5. The van der Waals surface area contributed by atoms with Crippen molar-refractivity contribution in [3.63, 3.8) is 0 Å². The lowest BCUT2D eigenvalue weighted by molar-refractivity contribution is 0.0409. The fraction of sp³-hybridized carbons (Fsp3) is 0.350. The van der Waals surface area contributed by atoms with Crippen LogP contribution in [0.3, 0.4) is 0 Å². The Morgan fingerprint density at radius 1 is 1.23 bits per heavy atom. The molecule has 6 heteroatoms. The Morgan fingerprint density at radius 3 is 2.50 bits per heavy atom. The van der Waals surface area contributed by atoms with Crippen molar-refractivity contribution < 1.29 is 19.0 Å². The summed E-state index contributed by atoms with van der Waals surface area (Å²) in [4.78, 5) is 14.3. The number of nitrogens with zero attached hydrogens (tertiary/aromatic N) is 1. The van der Waals surface area contributed by atoms with E-state index >= 15 is 0 Å². The van der Waals surface area contributed by atoms with E-state index < -0.39 is 11.7 Å². The van der Waals surface area contributed by atoms with Crippen LogP contribution >= 0.6 is 15.9 Å². The minimum Gasteiger partial charge on any atom is -0.436 e. The summed E-state index contributed by atoms with van der Waals surface area (Å²) < 4.78 is 20.1. The number of carbonyl (C=O) groups is 1. The lowest BCUT2D eigenvalue weighted by Crippen LogP contribution is -2.33. The first-order valence-electron chi connectivity index (χ1n) is 8.57. The first-order valence-corrected chi connectivity index (χ1v) is 9.36. The van der Waals surface area contributed by atoms with Gasteiger partial charge in [-0.3, -0.25) is 4.90 Å². The molecule has 0 saturated carbocycles. The first kappa shape index (κ1) is 18.9. The van der Waals surface area contributed by atoms with Gasteiger partial charge in [0.2, 0.25) is 0 Å². The van der Waals surface area contributed by atoms with E-state index in [0.29, 0.717) is 19.4 Å². The maximum Gasteiger partial charge on any atom is 0.411 e. The van der Waals surface area contributed by atoms with Gasteiger partial charge in [0.1, 0.15) is 5.82 Å². The zero-order chi connectivity index (χ0) is 18.7. The minimum absolute atomic E-state index is 0.00274. The Labute approximate surface area is 160 Å². The molecule has 0 aromatic heterocycles. The van der Waals surface area contributed by atoms with Crippen LogP contribution in [0.1, 0.15) is 36.9 Å². The molecule has 1 saturated heterocycles. The van der Waals surface area contributed by atoms with E-state index in [9.17, 15) is 14.3 Å². The number of hydrogen-bond donors (Lipinski definition) is 1. The van der Waals surface area contributed by atoms with Gasteiger partial charge in [-0.2, -0.15) is 0 Å². The standard InChI is InChI=1S/C20H21BrFNO3/c1-14(15-3-7-17(21)8-4-15)23-13-20(11-2-12-24,26-19(23)25)16-5-9-18(22)10-6-16/h3-10,14,24H,2,11-13H2,1H3/t14-,20?/m0/s1. The van der Waals surface area contributed by atoms with Crippen LogP contribution in [0, 0.1) is 5.82 Å². The second kappa shape index (κ2) is 7.76. The van der Waals surface area contributed by atoms with Crippen molar-refractivity contribution in [3.8, 4) is 0 Å². The maximum absolute atomic E-state index is 13.3. The van der Waals surface area contributed by atoms with Crippen molar-refractivity contribution in [1.82, 2.24) is 4.90 Å². The highest BCUT2D eigenvalue weighted by Gasteiger charge is 2.47. The van der Waals surface area contributed by atoms with Gasteiger partial charge in [-0.05, 0) is 55.2 Å². The third kappa shape index (κ3) is 3.76. The highest BCUT2D eigenvalue weighted by atomic mass is 79.9. The van der Waals surface area contributed by atoms with E-state index in [1.807, 2.05) is 31.2 Å². The monoisotopic (exact) mass is 421 g/mol. The Bertz CT molecular complexity index is 766. The molecule has 0 spiro atoms. The molecule has 1 amide bonds. The molecule has 1 aliphatic heterocycles. The van der Waals surface area contributed by atoms with Crippen LogP contribution in [0.2, 0.25) is 0 Å². The summed E-state index contributed by atoms with van der Waals surface area (Å²) in [5.41, 5.74) is 0.866. The molecule has 1 heterocycles. The van der Waals surface area contributed by atoms with Gasteiger partial charge >= 0.3 is 6.09 Å². The van der Waals surface area contributed by atoms with Crippen LogP contribution in [0.5, 0.6) is 0 Å². The molecule has 26 heavy (non-hydrogen) atoms. The normalized spacial score (nSPS) is 20.9. The van der Waals surface area contributed by atoms with Crippen molar-refractivity contribution >= 4 is 22.0 Å². The van der Waals surface area contributed by atoms with E-state index in [2.05, 4.69) is 15.9 Å². The summed E-state index contributed by atoms with van der Waals surface area (Å²) in [7, 11) is 0. The number of ether oxygens (including phenoxy) is 1. The lowest BCUT2D eigenvalue weighted by Gasteiger charge is -2.28. The molecule has 2 atom stereocenters. The molecule has 1 unspecified atom stereocenters. The number of cyclic esters (lactones) is 1. The largest absolute Gasteiger partial charge is 0.436 e. The average molecular weight is 422 g/mol. The molecular formula is C20H21BrFNO3. The highest BCUT2D eigenvalue weighted by molar-refractivity contribution is 9.10. The number of benzene rings is 2. The highest BCUT2D eigenvalue weighted by Crippen LogP contribution is 2.40. The van der Waals surface area contributed by atoms with E-state index in [0.717, 1.165) is 15.6 Å². The number of amides is 1. The lowest BCUT2D eigenvalue weighted by atomic mass is 9.88. The van der Waals surface area contributed by atoms with Gasteiger partial charge in [0.15, 0.2) is 5.60 Å². The van der Waals surface area contributed by atoms with Crippen molar-refractivity contribution in [2.45, 2.75) is 31.4 Å². The SMILES string of the molecule is C[C@@H](c1ccc(Br)cc1)N1CC(CCCO)(c2ccc(F)cc2)OC1=O. The molecule has 4 nitrogen and oxygen atoms in total. The molecule has 2 aromatic rings. The molecule has 3 rings (SSSR count). The second-order valence-electron chi connectivity index (χ2n) is 6.55. The van der Waals surface area contributed by atoms with Crippen LogP contribution in [0.4, 0.5) is 9.18 Å². The van der Waals surface area contributed by atoms with E-state index in [4.69, 9.17) is 4.74 Å². The molecule has 138 valence electrons. The number of carbonyl (C=O) groups excluding carboxylic acids is 1. The number of aliphatic hydroxyl groups is 1. The zero-order valence-corrected chi connectivity index (χ0v) is 16.1. The molecular weight excluding hydrogens is 401 g/mol. The molecule has 2 aromatic carbocycles. The van der Waals surface area contributed by atoms with Gasteiger partial charge in [0.05, 0.1) is 12.6 Å². The van der Waals surface area contributed by atoms with Gasteiger partial charge in [-0.25, -0.2) is 9.18 Å². The molecule has 1 fully saturated rings. The van der Waals surface area contributed by atoms with E-state index in [1.165, 1.54) is 12.1 Å². The third-order valence-electron chi connectivity index (χ3n) is 4.87. The fourth-order valence-electron chi connectivity index (χ4n) is 3.36. The number of halogens is 2. The van der Waals surface area contributed by atoms with Gasteiger partial charge in [0, 0.05) is 11.1 Å². The van der Waals surface area contributed by atoms with Crippen LogP contribution < -0.4 is 0 Å². The Morgan fingerprint density at radius 2 is 1.88 bits per heavy atom. The Balaban J connectivity index is 1.89. The smallest absolute Gasteiger partial charge is 0.411 e. The predicted octanol–water partition coefficient (Wildman–Crippen LogP) is 4.77. The third-order valence-corrected chi connectivity index (χ3v) is 5.40. The summed E-state index contributed by atoms with van der Waals surface area (Å²) in [5.74, 6) is -0.338.